The van der Waals surface area contributed by atoms with Gasteiger partial charge in [0, 0.05) is 17.1 Å². The first-order chi connectivity index (χ1) is 6.09. The normalized spacial score (nSPS) is 12.2. The molecule has 0 aromatic carbocycles. The molecule has 0 N–H and O–H groups in total. The van der Waals surface area contributed by atoms with Crippen LogP contribution < -0.4 is 5.46 Å². The fourth-order valence-corrected chi connectivity index (χ4v) is 1.96. The molecule has 0 aliphatic heterocycles. The summed E-state index contributed by atoms with van der Waals surface area (Å²) in [4.78, 5) is 3.56. The van der Waals surface area contributed by atoms with Crippen molar-refractivity contribution in [2.24, 2.45) is 0 Å². The van der Waals surface area contributed by atoms with Gasteiger partial charge in [0.1, 0.15) is 0 Å². The number of halogens is 3. The molecule has 0 atom stereocenters. The SMILES string of the molecule is F[B-](F)(F)c1cncc2sccc12. The van der Waals surface area contributed by atoms with E-state index in [0.717, 1.165) is 6.20 Å². The molecule has 0 radical (unpaired) electrons. The Balaban J connectivity index is 2.75. The predicted octanol–water partition coefficient (Wildman–Crippen LogP) is 2.35. The van der Waals surface area contributed by atoms with Gasteiger partial charge in [-0.05, 0) is 16.8 Å². The average molecular weight is 202 g/mol. The Morgan fingerprint density at radius 2 is 2.00 bits per heavy atom. The van der Waals surface area contributed by atoms with Gasteiger partial charge in [-0.2, -0.15) is 0 Å². The monoisotopic (exact) mass is 202 g/mol. The zero-order valence-corrected chi connectivity index (χ0v) is 7.19. The number of aromatic nitrogens is 1. The lowest BCUT2D eigenvalue weighted by atomic mass is 9.79. The Bertz CT molecular complexity index is 436. The van der Waals surface area contributed by atoms with Gasteiger partial charge < -0.3 is 12.9 Å². The molecular formula is C7H4BF3NS-. The minimum Gasteiger partial charge on any atom is -0.445 e. The summed E-state index contributed by atoms with van der Waals surface area (Å²) in [6, 6.07) is 1.48. The third-order valence-corrected chi connectivity index (χ3v) is 2.62. The van der Waals surface area contributed by atoms with E-state index in [-0.39, 0.29) is 5.39 Å². The number of pyridine rings is 1. The number of rotatable bonds is 1. The van der Waals surface area contributed by atoms with E-state index < -0.39 is 12.4 Å². The molecule has 68 valence electrons. The summed E-state index contributed by atoms with van der Waals surface area (Å²) in [6.45, 7) is -4.94. The van der Waals surface area contributed by atoms with Gasteiger partial charge in [-0.1, -0.05) is 5.46 Å². The van der Waals surface area contributed by atoms with Gasteiger partial charge in [-0.3, -0.25) is 4.98 Å². The summed E-state index contributed by atoms with van der Waals surface area (Å²) >= 11 is 1.27. The first kappa shape index (κ1) is 8.56. The Kier molecular flexibility index (Phi) is 1.80. The van der Waals surface area contributed by atoms with Crippen LogP contribution in [0.2, 0.25) is 0 Å². The highest BCUT2D eigenvalue weighted by Gasteiger charge is 2.27. The molecule has 2 aromatic rings. The Hall–Kier alpha value is -1.04. The van der Waals surface area contributed by atoms with Crippen molar-refractivity contribution in [1.29, 1.82) is 0 Å². The molecule has 0 bridgehead atoms. The van der Waals surface area contributed by atoms with Crippen LogP contribution in [0.1, 0.15) is 0 Å². The standard InChI is InChI=1S/C7H4BF3NS/c9-8(10,11)6-3-12-4-7-5(6)1-2-13-7/h1-4H/q-1. The van der Waals surface area contributed by atoms with Gasteiger partial charge in [0.2, 0.25) is 0 Å². The molecule has 6 heteroatoms. The highest BCUT2D eigenvalue weighted by molar-refractivity contribution is 7.17. The van der Waals surface area contributed by atoms with Crippen LogP contribution in [-0.4, -0.2) is 12.0 Å². The maximum Gasteiger partial charge on any atom is 0.511 e. The van der Waals surface area contributed by atoms with Crippen LogP contribution in [0.3, 0.4) is 0 Å². The summed E-state index contributed by atoms with van der Waals surface area (Å²) in [5, 5.41) is 1.89. The molecule has 0 aliphatic carbocycles. The van der Waals surface area contributed by atoms with Crippen LogP contribution in [0, 0.1) is 0 Å². The number of nitrogens with zero attached hydrogens (tertiary/aromatic N) is 1. The van der Waals surface area contributed by atoms with E-state index in [1.165, 1.54) is 23.6 Å². The Morgan fingerprint density at radius 3 is 2.69 bits per heavy atom. The number of hydrogen-bond acceptors (Lipinski definition) is 2. The van der Waals surface area contributed by atoms with Crippen LogP contribution in [0.15, 0.2) is 23.8 Å². The van der Waals surface area contributed by atoms with Crippen molar-refractivity contribution in [3.8, 4) is 0 Å². The highest BCUT2D eigenvalue weighted by Crippen LogP contribution is 2.21. The van der Waals surface area contributed by atoms with Crippen LogP contribution in [0.4, 0.5) is 12.9 Å². The molecule has 0 unspecified atom stereocenters. The van der Waals surface area contributed by atoms with Crippen molar-refractivity contribution >= 4 is 33.9 Å². The van der Waals surface area contributed by atoms with E-state index in [1.54, 1.807) is 5.38 Å². The molecule has 2 heterocycles. The molecule has 0 saturated heterocycles. The molecule has 0 aliphatic rings. The number of hydrogen-bond donors (Lipinski definition) is 0. The average Bonchev–Trinajstić information content (AvgIpc) is 2.48. The summed E-state index contributed by atoms with van der Waals surface area (Å²) in [7, 11) is 0. The van der Waals surface area contributed by atoms with Crippen molar-refractivity contribution < 1.29 is 12.9 Å². The van der Waals surface area contributed by atoms with Crippen molar-refractivity contribution in [3.05, 3.63) is 23.8 Å². The molecule has 0 saturated carbocycles. The smallest absolute Gasteiger partial charge is 0.445 e. The zero-order chi connectivity index (χ0) is 9.47. The quantitative estimate of drug-likeness (QED) is 0.646. The first-order valence-corrected chi connectivity index (χ1v) is 4.48. The summed E-state index contributed by atoms with van der Waals surface area (Å²) in [6.07, 6.45) is 2.33. The van der Waals surface area contributed by atoms with Crippen LogP contribution in [-0.2, 0) is 0 Å². The fourth-order valence-electron chi connectivity index (χ4n) is 1.18. The first-order valence-electron chi connectivity index (χ1n) is 3.60. The topological polar surface area (TPSA) is 12.9 Å². The van der Waals surface area contributed by atoms with Crippen molar-refractivity contribution in [2.45, 2.75) is 0 Å². The van der Waals surface area contributed by atoms with Crippen LogP contribution >= 0.6 is 11.3 Å². The van der Waals surface area contributed by atoms with Crippen LogP contribution in [0.25, 0.3) is 10.1 Å². The van der Waals surface area contributed by atoms with Gasteiger partial charge in [0.15, 0.2) is 0 Å². The lowest BCUT2D eigenvalue weighted by Crippen LogP contribution is -2.34. The van der Waals surface area contributed by atoms with Gasteiger partial charge in [0.25, 0.3) is 0 Å². The largest absolute Gasteiger partial charge is 0.511 e. The third-order valence-electron chi connectivity index (χ3n) is 1.76. The molecule has 2 aromatic heterocycles. The van der Waals surface area contributed by atoms with Gasteiger partial charge >= 0.3 is 6.98 Å². The molecule has 0 fully saturated rings. The number of fused-ring (bicyclic) bond motifs is 1. The van der Waals surface area contributed by atoms with Crippen LogP contribution in [0.5, 0.6) is 0 Å². The number of thiophene rings is 1. The van der Waals surface area contributed by atoms with E-state index in [9.17, 15) is 12.9 Å². The maximum absolute atomic E-state index is 12.4. The van der Waals surface area contributed by atoms with Gasteiger partial charge in [0.05, 0.1) is 0 Å². The van der Waals surface area contributed by atoms with E-state index >= 15 is 0 Å². The molecule has 0 spiro atoms. The highest BCUT2D eigenvalue weighted by atomic mass is 32.1. The molecular weight excluding hydrogens is 198 g/mol. The second kappa shape index (κ2) is 2.73. The summed E-state index contributed by atoms with van der Waals surface area (Å²) in [5.41, 5.74) is -0.598. The molecule has 2 rings (SSSR count). The van der Waals surface area contributed by atoms with Crippen molar-refractivity contribution in [3.63, 3.8) is 0 Å². The maximum atomic E-state index is 12.4. The second-order valence-electron chi connectivity index (χ2n) is 2.64. The summed E-state index contributed by atoms with van der Waals surface area (Å²) in [5.74, 6) is 0. The minimum absolute atomic E-state index is 0.257. The van der Waals surface area contributed by atoms with Gasteiger partial charge in [-0.25, -0.2) is 0 Å². The second-order valence-corrected chi connectivity index (χ2v) is 3.58. The zero-order valence-electron chi connectivity index (χ0n) is 6.38. The van der Waals surface area contributed by atoms with Crippen molar-refractivity contribution in [2.75, 3.05) is 0 Å². The lowest BCUT2D eigenvalue weighted by molar-refractivity contribution is 0.501. The molecule has 13 heavy (non-hydrogen) atoms. The molecule has 0 amide bonds. The minimum atomic E-state index is -4.94. The lowest BCUT2D eigenvalue weighted by Gasteiger charge is -2.14. The van der Waals surface area contributed by atoms with Gasteiger partial charge in [-0.15, -0.1) is 11.3 Å². The molecule has 1 nitrogen and oxygen atoms in total. The van der Waals surface area contributed by atoms with E-state index in [2.05, 4.69) is 4.98 Å². The predicted molar refractivity (Wildman–Crippen MR) is 48.3 cm³/mol. The van der Waals surface area contributed by atoms with E-state index in [1.807, 2.05) is 0 Å². The Labute approximate surface area is 76.3 Å². The third kappa shape index (κ3) is 1.41. The van der Waals surface area contributed by atoms with E-state index in [4.69, 9.17) is 0 Å². The van der Waals surface area contributed by atoms with Crippen molar-refractivity contribution in [1.82, 2.24) is 4.98 Å². The summed E-state index contributed by atoms with van der Waals surface area (Å²) < 4.78 is 37.8. The Morgan fingerprint density at radius 1 is 1.23 bits per heavy atom. The van der Waals surface area contributed by atoms with E-state index in [0.29, 0.717) is 4.70 Å². The fraction of sp³-hybridized carbons (Fsp3) is 0.